The fraction of sp³-hybridized carbons (Fsp3) is 0.107. The van der Waals surface area contributed by atoms with E-state index >= 15 is 0 Å². The summed E-state index contributed by atoms with van der Waals surface area (Å²) >= 11 is 14.9. The molecule has 0 N–H and O–H groups in total. The van der Waals surface area contributed by atoms with Crippen LogP contribution in [0.15, 0.2) is 107 Å². The Bertz CT molecular complexity index is 1370. The van der Waals surface area contributed by atoms with Gasteiger partial charge in [0.15, 0.2) is 0 Å². The number of thioether (sulfide) groups is 1. The van der Waals surface area contributed by atoms with Gasteiger partial charge in [0, 0.05) is 25.8 Å². The first kappa shape index (κ1) is 20.9. The van der Waals surface area contributed by atoms with E-state index in [1.54, 1.807) is 11.8 Å². The molecule has 0 spiro atoms. The van der Waals surface area contributed by atoms with Gasteiger partial charge in [-0.15, -0.1) is 11.8 Å². The van der Waals surface area contributed by atoms with Crippen LogP contribution in [0.1, 0.15) is 28.0 Å². The van der Waals surface area contributed by atoms with E-state index in [4.69, 9.17) is 32.9 Å². The van der Waals surface area contributed by atoms with Crippen LogP contribution in [0.5, 0.6) is 5.75 Å². The fourth-order valence-electron chi connectivity index (χ4n) is 4.65. The Morgan fingerprint density at radius 3 is 2.39 bits per heavy atom. The van der Waals surface area contributed by atoms with Crippen LogP contribution in [0.3, 0.4) is 0 Å². The number of fused-ring (bicyclic) bond motifs is 4. The lowest BCUT2D eigenvalue weighted by Crippen LogP contribution is -2.35. The maximum Gasteiger partial charge on any atom is 0.134 e. The van der Waals surface area contributed by atoms with E-state index in [1.807, 2.05) is 60.7 Å². The number of benzene rings is 4. The van der Waals surface area contributed by atoms with Crippen LogP contribution < -0.4 is 4.74 Å². The molecule has 0 amide bonds. The summed E-state index contributed by atoms with van der Waals surface area (Å²) < 4.78 is 6.69. The number of hydrogen-bond donors (Lipinski definition) is 0. The normalized spacial score (nSPS) is 21.0. The third-order valence-corrected chi connectivity index (χ3v) is 8.10. The molecular weight excluding hydrogens is 469 g/mol. The topological polar surface area (TPSA) is 21.6 Å². The minimum Gasteiger partial charge on any atom is -0.484 e. The van der Waals surface area contributed by atoms with Crippen molar-refractivity contribution in [1.82, 2.24) is 0 Å². The molecule has 2 aliphatic heterocycles. The highest BCUT2D eigenvalue weighted by Gasteiger charge is 2.44. The van der Waals surface area contributed by atoms with Gasteiger partial charge in [-0.05, 0) is 47.5 Å². The zero-order valence-electron chi connectivity index (χ0n) is 17.5. The van der Waals surface area contributed by atoms with E-state index in [0.29, 0.717) is 5.02 Å². The predicted octanol–water partition coefficient (Wildman–Crippen LogP) is 8.71. The second-order valence-electron chi connectivity index (χ2n) is 8.14. The van der Waals surface area contributed by atoms with E-state index in [-0.39, 0.29) is 17.3 Å². The van der Waals surface area contributed by atoms with Crippen molar-refractivity contribution in [3.05, 3.63) is 124 Å². The molecule has 0 radical (unpaired) electrons. The average Bonchev–Trinajstić information content (AvgIpc) is 3.01. The molecule has 162 valence electrons. The number of ether oxygens (including phenoxy) is 1. The van der Waals surface area contributed by atoms with Crippen molar-refractivity contribution in [2.45, 2.75) is 16.2 Å². The zero-order valence-corrected chi connectivity index (χ0v) is 19.8. The number of rotatable bonds is 2. The molecule has 0 saturated heterocycles. The van der Waals surface area contributed by atoms with Crippen LogP contribution in [0, 0.1) is 5.92 Å². The minimum atomic E-state index is -0.210. The Morgan fingerprint density at radius 1 is 0.788 bits per heavy atom. The molecule has 0 aliphatic carbocycles. The van der Waals surface area contributed by atoms with E-state index in [2.05, 4.69) is 36.4 Å². The quantitative estimate of drug-likeness (QED) is 0.281. The van der Waals surface area contributed by atoms with Crippen molar-refractivity contribution in [3.63, 3.8) is 0 Å². The van der Waals surface area contributed by atoms with Crippen molar-refractivity contribution in [3.8, 4) is 5.75 Å². The lowest BCUT2D eigenvalue weighted by atomic mass is 9.80. The first-order valence-corrected chi connectivity index (χ1v) is 12.4. The van der Waals surface area contributed by atoms with E-state index in [1.165, 1.54) is 0 Å². The predicted molar refractivity (Wildman–Crippen MR) is 137 cm³/mol. The first-order valence-electron chi connectivity index (χ1n) is 10.8. The van der Waals surface area contributed by atoms with Crippen molar-refractivity contribution in [2.24, 2.45) is 10.9 Å². The summed E-state index contributed by atoms with van der Waals surface area (Å²) in [5.41, 5.74) is 5.15. The maximum absolute atomic E-state index is 6.77. The molecule has 4 aromatic carbocycles. The molecule has 5 heteroatoms. The molecule has 0 aromatic heterocycles. The van der Waals surface area contributed by atoms with E-state index in [0.717, 1.165) is 43.8 Å². The highest BCUT2D eigenvalue weighted by Crippen LogP contribution is 2.56. The van der Waals surface area contributed by atoms with Gasteiger partial charge in [0.1, 0.15) is 11.9 Å². The van der Waals surface area contributed by atoms with Crippen molar-refractivity contribution in [1.29, 1.82) is 0 Å². The average molecular weight is 488 g/mol. The van der Waals surface area contributed by atoms with Gasteiger partial charge in [-0.1, -0.05) is 83.9 Å². The fourth-order valence-corrected chi connectivity index (χ4v) is 6.65. The van der Waals surface area contributed by atoms with Crippen LogP contribution in [0.2, 0.25) is 10.0 Å². The number of para-hydroxylation sites is 1. The van der Waals surface area contributed by atoms with Gasteiger partial charge in [-0.3, -0.25) is 4.99 Å². The summed E-state index contributed by atoms with van der Waals surface area (Å²) in [4.78, 5) is 6.28. The summed E-state index contributed by atoms with van der Waals surface area (Å²) in [6.45, 7) is 0. The molecule has 2 nitrogen and oxygen atoms in total. The van der Waals surface area contributed by atoms with Gasteiger partial charge in [-0.25, -0.2) is 0 Å². The van der Waals surface area contributed by atoms with Crippen LogP contribution in [0.25, 0.3) is 0 Å². The van der Waals surface area contributed by atoms with Crippen molar-refractivity contribution >= 4 is 46.4 Å². The van der Waals surface area contributed by atoms with E-state index in [9.17, 15) is 0 Å². The monoisotopic (exact) mass is 487 g/mol. The summed E-state index contributed by atoms with van der Waals surface area (Å²) in [5.74, 6) is 0.792. The molecule has 3 unspecified atom stereocenters. The van der Waals surface area contributed by atoms with Crippen LogP contribution in [-0.4, -0.2) is 5.71 Å². The number of halogens is 2. The smallest absolute Gasteiger partial charge is 0.134 e. The van der Waals surface area contributed by atoms with Crippen LogP contribution in [0.4, 0.5) is 5.69 Å². The number of aliphatic imine (C=N–C) groups is 1. The van der Waals surface area contributed by atoms with Gasteiger partial charge in [0.2, 0.25) is 0 Å². The van der Waals surface area contributed by atoms with Gasteiger partial charge >= 0.3 is 0 Å². The molecule has 6 rings (SSSR count). The SMILES string of the molecule is Clc1ccc2c(c1)SC(c1ccccc1Cl)C1C(=N2)c2ccccc2OC1c1ccccc1. The molecule has 0 bridgehead atoms. The Kier molecular flexibility index (Phi) is 5.41. The Balaban J connectivity index is 1.64. The first-order chi connectivity index (χ1) is 16.2. The van der Waals surface area contributed by atoms with E-state index < -0.39 is 0 Å². The Morgan fingerprint density at radius 2 is 1.55 bits per heavy atom. The van der Waals surface area contributed by atoms with Crippen molar-refractivity contribution < 1.29 is 4.74 Å². The lowest BCUT2D eigenvalue weighted by molar-refractivity contribution is 0.156. The number of hydrogen-bond acceptors (Lipinski definition) is 3. The second-order valence-corrected chi connectivity index (χ2v) is 10.2. The molecule has 4 aromatic rings. The van der Waals surface area contributed by atoms with Gasteiger partial charge in [-0.2, -0.15) is 0 Å². The third-order valence-electron chi connectivity index (χ3n) is 6.14. The molecule has 3 atom stereocenters. The highest BCUT2D eigenvalue weighted by atomic mass is 35.5. The van der Waals surface area contributed by atoms with Crippen LogP contribution in [-0.2, 0) is 0 Å². The molecule has 2 heterocycles. The molecule has 0 saturated carbocycles. The minimum absolute atomic E-state index is 0.0178. The highest BCUT2D eigenvalue weighted by molar-refractivity contribution is 7.99. The van der Waals surface area contributed by atoms with Gasteiger partial charge in [0.25, 0.3) is 0 Å². The Hall–Kier alpha value is -2.72. The molecule has 0 fully saturated rings. The van der Waals surface area contributed by atoms with Gasteiger partial charge in [0.05, 0.1) is 17.3 Å². The Labute approximate surface area is 207 Å². The summed E-state index contributed by atoms with van der Waals surface area (Å²) in [5, 5.41) is 1.42. The largest absolute Gasteiger partial charge is 0.484 e. The zero-order chi connectivity index (χ0) is 22.4. The molecule has 2 aliphatic rings. The maximum atomic E-state index is 6.77. The van der Waals surface area contributed by atoms with Crippen molar-refractivity contribution in [2.75, 3.05) is 0 Å². The van der Waals surface area contributed by atoms with Crippen LogP contribution >= 0.6 is 35.0 Å². The summed E-state index contributed by atoms with van der Waals surface area (Å²) in [6.07, 6.45) is -0.210. The molecular formula is C28H19Cl2NOS. The van der Waals surface area contributed by atoms with Gasteiger partial charge < -0.3 is 4.74 Å². The number of nitrogens with zero attached hydrogens (tertiary/aromatic N) is 1. The third kappa shape index (κ3) is 3.74. The summed E-state index contributed by atoms with van der Waals surface area (Å²) in [6, 6.07) is 32.5. The standard InChI is InChI=1S/C28H19Cl2NOS/c29-18-14-15-22-24(16-18)33-28(19-10-4-6-12-21(19)30)25-26(31-22)20-11-5-7-13-23(20)32-27(25)17-8-2-1-3-9-17/h1-16,25,27-28H. The summed E-state index contributed by atoms with van der Waals surface area (Å²) in [7, 11) is 0. The molecule has 33 heavy (non-hydrogen) atoms. The lowest BCUT2D eigenvalue weighted by Gasteiger charge is -2.38. The second kappa shape index (κ2) is 8.57.